The Morgan fingerprint density at radius 3 is 2.57 bits per heavy atom. The minimum atomic E-state index is -1.19. The topological polar surface area (TPSA) is 79.5 Å². The van der Waals surface area contributed by atoms with Gasteiger partial charge in [0.1, 0.15) is 0 Å². The van der Waals surface area contributed by atoms with Crippen LogP contribution in [0.2, 0.25) is 0 Å². The van der Waals surface area contributed by atoms with Crippen molar-refractivity contribution in [3.05, 3.63) is 29.6 Å². The van der Waals surface area contributed by atoms with Crippen LogP contribution in [-0.4, -0.2) is 26.7 Å². The van der Waals surface area contributed by atoms with Gasteiger partial charge in [0.15, 0.2) is 0 Å². The highest BCUT2D eigenvalue weighted by molar-refractivity contribution is 6.22. The highest BCUT2D eigenvalue weighted by Gasteiger charge is 2.29. The molecule has 2 rings (SSSR count). The molecule has 2 heterocycles. The minimum absolute atomic E-state index is 0.0619. The van der Waals surface area contributed by atoms with Crippen LogP contribution in [0, 0.1) is 0 Å². The van der Waals surface area contributed by atoms with Crippen LogP contribution >= 0.6 is 0 Å². The van der Waals surface area contributed by atoms with Crippen LogP contribution in [0.15, 0.2) is 23.9 Å². The van der Waals surface area contributed by atoms with E-state index in [1.807, 2.05) is 0 Å². The van der Waals surface area contributed by atoms with Gasteiger partial charge in [-0.05, 0) is 12.1 Å². The summed E-state index contributed by atoms with van der Waals surface area (Å²) >= 11 is 0. The van der Waals surface area contributed by atoms with E-state index in [1.165, 1.54) is 0 Å². The van der Waals surface area contributed by atoms with E-state index in [-0.39, 0.29) is 17.7 Å². The van der Waals surface area contributed by atoms with Crippen LogP contribution < -0.4 is 0 Å². The van der Waals surface area contributed by atoms with E-state index in [0.717, 1.165) is 0 Å². The first-order valence-corrected chi connectivity index (χ1v) is 3.96. The van der Waals surface area contributed by atoms with Crippen molar-refractivity contribution in [2.45, 2.75) is 6.54 Å². The fraction of sp³-hybridized carbons (Fsp3) is 0.111. The molecule has 0 fully saturated rings. The van der Waals surface area contributed by atoms with Gasteiger partial charge >= 0.3 is 11.9 Å². The highest BCUT2D eigenvalue weighted by Crippen LogP contribution is 2.28. The monoisotopic (exact) mass is 193 g/mol. The molecular formula is C9H7NO4. The summed E-state index contributed by atoms with van der Waals surface area (Å²) in [6.07, 6.45) is 1.66. The van der Waals surface area contributed by atoms with Crippen LogP contribution in [0.3, 0.4) is 0 Å². The second kappa shape index (κ2) is 2.73. The lowest BCUT2D eigenvalue weighted by atomic mass is 10.1. The van der Waals surface area contributed by atoms with Crippen LogP contribution in [0.4, 0.5) is 0 Å². The molecule has 0 aromatic carbocycles. The number of aliphatic carboxylic acids is 2. The number of fused-ring (bicyclic) bond motifs is 1. The first kappa shape index (κ1) is 8.55. The van der Waals surface area contributed by atoms with Gasteiger partial charge in [-0.1, -0.05) is 0 Å². The summed E-state index contributed by atoms with van der Waals surface area (Å²) in [5.41, 5.74) is 0.283. The van der Waals surface area contributed by atoms with E-state index >= 15 is 0 Å². The van der Waals surface area contributed by atoms with Crippen molar-refractivity contribution in [3.63, 3.8) is 0 Å². The lowest BCUT2D eigenvalue weighted by Gasteiger charge is -1.95. The standard InChI is InChI=1S/C9H7NO4/c11-8(12)5-4-10-3-1-2-6(10)7(5)9(13)14/h1-3H,4H2,(H,11,12)(H,13,14). The first-order chi connectivity index (χ1) is 6.61. The Labute approximate surface area is 78.9 Å². The molecule has 1 aliphatic heterocycles. The zero-order chi connectivity index (χ0) is 10.3. The summed E-state index contributed by atoms with van der Waals surface area (Å²) in [4.78, 5) is 21.6. The van der Waals surface area contributed by atoms with Crippen molar-refractivity contribution in [2.75, 3.05) is 0 Å². The van der Waals surface area contributed by atoms with Crippen LogP contribution in [0.1, 0.15) is 5.69 Å². The molecule has 5 heteroatoms. The summed E-state index contributed by atoms with van der Waals surface area (Å²) in [6.45, 7) is 0.124. The number of hydrogen-bond acceptors (Lipinski definition) is 2. The van der Waals surface area contributed by atoms with Crippen molar-refractivity contribution in [1.82, 2.24) is 4.57 Å². The average molecular weight is 193 g/mol. The maximum absolute atomic E-state index is 10.8. The molecule has 5 nitrogen and oxygen atoms in total. The molecule has 0 amide bonds. The summed E-state index contributed by atoms with van der Waals surface area (Å²) in [6, 6.07) is 3.29. The van der Waals surface area contributed by atoms with Gasteiger partial charge in [-0.15, -0.1) is 0 Å². The number of nitrogens with zero attached hydrogens (tertiary/aromatic N) is 1. The Morgan fingerprint density at radius 2 is 2.00 bits per heavy atom. The van der Waals surface area contributed by atoms with Gasteiger partial charge in [0.2, 0.25) is 0 Å². The molecule has 0 radical (unpaired) electrons. The van der Waals surface area contributed by atoms with Crippen molar-refractivity contribution in [2.24, 2.45) is 0 Å². The third-order valence-corrected chi connectivity index (χ3v) is 2.19. The van der Waals surface area contributed by atoms with Gasteiger partial charge in [0, 0.05) is 6.20 Å². The Hall–Kier alpha value is -2.04. The quantitative estimate of drug-likeness (QED) is 0.713. The van der Waals surface area contributed by atoms with Gasteiger partial charge in [-0.2, -0.15) is 0 Å². The maximum Gasteiger partial charge on any atom is 0.338 e. The fourth-order valence-electron chi connectivity index (χ4n) is 1.60. The molecule has 1 aliphatic rings. The van der Waals surface area contributed by atoms with Gasteiger partial charge in [0.05, 0.1) is 23.4 Å². The van der Waals surface area contributed by atoms with Gasteiger partial charge in [-0.3, -0.25) is 0 Å². The molecule has 0 unspecified atom stereocenters. The number of carbonyl (C=O) groups is 2. The third kappa shape index (κ3) is 1.02. The Bertz CT molecular complexity index is 455. The Kier molecular flexibility index (Phi) is 1.67. The average Bonchev–Trinajstić information content (AvgIpc) is 2.58. The van der Waals surface area contributed by atoms with Crippen LogP contribution in [0.5, 0.6) is 0 Å². The third-order valence-electron chi connectivity index (χ3n) is 2.19. The second-order valence-corrected chi connectivity index (χ2v) is 2.99. The molecule has 0 atom stereocenters. The van der Waals surface area contributed by atoms with E-state index in [2.05, 4.69) is 0 Å². The Balaban J connectivity index is 2.60. The predicted octanol–water partition coefficient (Wildman–Crippen LogP) is 0.424. The van der Waals surface area contributed by atoms with Gasteiger partial charge < -0.3 is 14.8 Å². The fourth-order valence-corrected chi connectivity index (χ4v) is 1.60. The largest absolute Gasteiger partial charge is 0.478 e. The van der Waals surface area contributed by atoms with E-state index in [9.17, 15) is 9.59 Å². The lowest BCUT2D eigenvalue weighted by molar-refractivity contribution is -0.134. The summed E-state index contributed by atoms with van der Waals surface area (Å²) in [5.74, 6) is -2.37. The molecule has 0 aliphatic carbocycles. The van der Waals surface area contributed by atoms with Crippen molar-refractivity contribution in [1.29, 1.82) is 0 Å². The van der Waals surface area contributed by atoms with E-state index in [0.29, 0.717) is 5.69 Å². The zero-order valence-electron chi connectivity index (χ0n) is 7.10. The summed E-state index contributed by atoms with van der Waals surface area (Å²) in [7, 11) is 0. The zero-order valence-corrected chi connectivity index (χ0v) is 7.10. The molecule has 1 aromatic rings. The molecule has 0 saturated carbocycles. The number of carboxylic acids is 2. The first-order valence-electron chi connectivity index (χ1n) is 3.96. The van der Waals surface area contributed by atoms with Crippen LogP contribution in [-0.2, 0) is 16.1 Å². The Morgan fingerprint density at radius 1 is 1.29 bits per heavy atom. The molecule has 2 N–H and O–H groups in total. The second-order valence-electron chi connectivity index (χ2n) is 2.99. The number of carboxylic acid groups (broad SMARTS) is 2. The maximum atomic E-state index is 10.8. The van der Waals surface area contributed by atoms with E-state index in [1.54, 1.807) is 22.9 Å². The summed E-state index contributed by atoms with van der Waals surface area (Å²) < 4.78 is 1.60. The normalized spacial score (nSPS) is 14.3. The van der Waals surface area contributed by atoms with Gasteiger partial charge in [0.25, 0.3) is 0 Å². The van der Waals surface area contributed by atoms with Crippen LogP contribution in [0.25, 0.3) is 5.57 Å². The molecule has 0 saturated heterocycles. The van der Waals surface area contributed by atoms with E-state index < -0.39 is 11.9 Å². The van der Waals surface area contributed by atoms with Crippen molar-refractivity contribution in [3.8, 4) is 0 Å². The number of hydrogen-bond donors (Lipinski definition) is 2. The molecule has 0 bridgehead atoms. The predicted molar refractivity (Wildman–Crippen MR) is 46.6 cm³/mol. The van der Waals surface area contributed by atoms with Crippen molar-refractivity contribution < 1.29 is 19.8 Å². The minimum Gasteiger partial charge on any atom is -0.478 e. The molecular weight excluding hydrogens is 186 g/mol. The number of rotatable bonds is 2. The van der Waals surface area contributed by atoms with E-state index in [4.69, 9.17) is 10.2 Å². The molecule has 72 valence electrons. The SMILES string of the molecule is O=C(O)C1=C(C(=O)O)c2cccn2C1. The summed E-state index contributed by atoms with van der Waals surface area (Å²) in [5, 5.41) is 17.7. The number of aromatic nitrogens is 1. The molecule has 14 heavy (non-hydrogen) atoms. The van der Waals surface area contributed by atoms with Gasteiger partial charge in [-0.25, -0.2) is 9.59 Å². The smallest absolute Gasteiger partial charge is 0.338 e. The highest BCUT2D eigenvalue weighted by atomic mass is 16.4. The van der Waals surface area contributed by atoms with Crippen molar-refractivity contribution >= 4 is 17.5 Å². The lowest BCUT2D eigenvalue weighted by Crippen LogP contribution is -2.07. The molecule has 1 aromatic heterocycles. The molecule has 0 spiro atoms.